The molecule has 0 aliphatic rings. The molecular formula is C12H14ClFN2OS. The second-order valence-electron chi connectivity index (χ2n) is 4.55. The Morgan fingerprint density at radius 2 is 2.17 bits per heavy atom. The highest BCUT2D eigenvalue weighted by Gasteiger charge is 2.23. The number of nitrogens with one attached hydrogen (secondary N) is 1. The largest absolute Gasteiger partial charge is 0.393 e. The average Bonchev–Trinajstić information content (AvgIpc) is 2.29. The molecule has 0 radical (unpaired) electrons. The molecule has 1 amide bonds. The Bertz CT molecular complexity index is 491. The van der Waals surface area contributed by atoms with Crippen LogP contribution in [-0.2, 0) is 0 Å². The molecule has 0 heterocycles. The number of amides is 1. The van der Waals surface area contributed by atoms with Crippen LogP contribution in [0.4, 0.5) is 4.39 Å². The summed E-state index contributed by atoms with van der Waals surface area (Å²) in [5.41, 5.74) is 4.91. The predicted octanol–water partition coefficient (Wildman–Crippen LogP) is 2.52. The van der Waals surface area contributed by atoms with Crippen molar-refractivity contribution in [3.8, 4) is 0 Å². The van der Waals surface area contributed by atoms with Crippen LogP contribution in [0.25, 0.3) is 0 Å². The molecule has 1 aromatic carbocycles. The van der Waals surface area contributed by atoms with Crippen molar-refractivity contribution in [1.29, 1.82) is 0 Å². The fourth-order valence-corrected chi connectivity index (χ4v) is 1.40. The number of halogens is 2. The molecular weight excluding hydrogens is 275 g/mol. The number of hydrogen-bond acceptors (Lipinski definition) is 2. The summed E-state index contributed by atoms with van der Waals surface area (Å²) < 4.78 is 13.4. The number of hydrogen-bond donors (Lipinski definition) is 2. The van der Waals surface area contributed by atoms with Crippen molar-refractivity contribution in [3.63, 3.8) is 0 Å². The van der Waals surface area contributed by atoms with Crippen molar-refractivity contribution in [3.05, 3.63) is 34.6 Å². The van der Waals surface area contributed by atoms with Gasteiger partial charge in [-0.15, -0.1) is 0 Å². The smallest absolute Gasteiger partial charge is 0.254 e. The Morgan fingerprint density at radius 1 is 1.56 bits per heavy atom. The third-order valence-electron chi connectivity index (χ3n) is 2.53. The molecule has 0 unspecified atom stereocenters. The lowest BCUT2D eigenvalue weighted by Crippen LogP contribution is -2.41. The maximum Gasteiger partial charge on any atom is 0.254 e. The molecule has 0 saturated carbocycles. The number of rotatable bonds is 4. The second kappa shape index (κ2) is 5.63. The van der Waals surface area contributed by atoms with E-state index in [1.165, 1.54) is 12.1 Å². The van der Waals surface area contributed by atoms with Crippen molar-refractivity contribution in [2.24, 2.45) is 11.1 Å². The van der Waals surface area contributed by atoms with E-state index in [9.17, 15) is 9.18 Å². The molecule has 18 heavy (non-hydrogen) atoms. The zero-order chi connectivity index (χ0) is 13.9. The van der Waals surface area contributed by atoms with Crippen LogP contribution < -0.4 is 11.1 Å². The standard InChI is InChI=1S/C12H14ClFN2OS/c1-12(2,11(15)18)6-16-10(17)8-5-7(13)3-4-9(8)14/h3-5H,6H2,1-2H3,(H2,15,18)(H,16,17). The SMILES string of the molecule is CC(C)(CNC(=O)c1cc(Cl)ccc1F)C(N)=S. The zero-order valence-electron chi connectivity index (χ0n) is 10.1. The molecule has 98 valence electrons. The third-order valence-corrected chi connectivity index (χ3v) is 3.32. The summed E-state index contributed by atoms with van der Waals surface area (Å²) in [4.78, 5) is 12.1. The topological polar surface area (TPSA) is 55.1 Å². The lowest BCUT2D eigenvalue weighted by Gasteiger charge is -2.23. The van der Waals surface area contributed by atoms with Gasteiger partial charge in [-0.2, -0.15) is 0 Å². The van der Waals surface area contributed by atoms with Crippen molar-refractivity contribution < 1.29 is 9.18 Å². The van der Waals surface area contributed by atoms with E-state index in [0.717, 1.165) is 6.07 Å². The van der Waals surface area contributed by atoms with Crippen molar-refractivity contribution in [2.45, 2.75) is 13.8 Å². The van der Waals surface area contributed by atoms with Gasteiger partial charge in [0.25, 0.3) is 5.91 Å². The minimum absolute atomic E-state index is 0.0961. The van der Waals surface area contributed by atoms with Crippen LogP contribution in [0.15, 0.2) is 18.2 Å². The summed E-state index contributed by atoms with van der Waals surface area (Å²) in [5.74, 6) is -1.16. The van der Waals surface area contributed by atoms with Crippen LogP contribution in [-0.4, -0.2) is 17.4 Å². The molecule has 0 aliphatic heterocycles. The summed E-state index contributed by atoms with van der Waals surface area (Å²) in [7, 11) is 0. The van der Waals surface area contributed by atoms with E-state index in [0.29, 0.717) is 5.02 Å². The summed E-state index contributed by atoms with van der Waals surface area (Å²) in [6.45, 7) is 3.82. The van der Waals surface area contributed by atoms with E-state index in [2.05, 4.69) is 5.32 Å². The van der Waals surface area contributed by atoms with Gasteiger partial charge in [-0.1, -0.05) is 37.7 Å². The average molecular weight is 289 g/mol. The van der Waals surface area contributed by atoms with Gasteiger partial charge >= 0.3 is 0 Å². The second-order valence-corrected chi connectivity index (χ2v) is 5.43. The molecule has 0 fully saturated rings. The molecule has 3 N–H and O–H groups in total. The van der Waals surface area contributed by atoms with E-state index >= 15 is 0 Å². The normalized spacial score (nSPS) is 11.1. The fourth-order valence-electron chi connectivity index (χ4n) is 1.16. The Labute approximate surface area is 115 Å². The molecule has 0 atom stereocenters. The zero-order valence-corrected chi connectivity index (χ0v) is 11.7. The van der Waals surface area contributed by atoms with Crippen molar-refractivity contribution >= 4 is 34.7 Å². The van der Waals surface area contributed by atoms with E-state index in [1.54, 1.807) is 13.8 Å². The quantitative estimate of drug-likeness (QED) is 0.837. The maximum atomic E-state index is 13.4. The first-order valence-corrected chi connectivity index (χ1v) is 6.06. The highest BCUT2D eigenvalue weighted by Crippen LogP contribution is 2.17. The van der Waals surface area contributed by atoms with Crippen LogP contribution in [0.5, 0.6) is 0 Å². The molecule has 0 bridgehead atoms. The predicted molar refractivity (Wildman–Crippen MR) is 74.3 cm³/mol. The molecule has 0 saturated heterocycles. The third kappa shape index (κ3) is 3.65. The van der Waals surface area contributed by atoms with E-state index in [1.807, 2.05) is 0 Å². The Morgan fingerprint density at radius 3 is 2.72 bits per heavy atom. The van der Waals surface area contributed by atoms with Gasteiger partial charge in [0.05, 0.1) is 10.6 Å². The monoisotopic (exact) mass is 288 g/mol. The first-order valence-electron chi connectivity index (χ1n) is 5.27. The van der Waals surface area contributed by atoms with Gasteiger partial charge in [0, 0.05) is 17.0 Å². The summed E-state index contributed by atoms with van der Waals surface area (Å²) in [6, 6.07) is 3.81. The highest BCUT2D eigenvalue weighted by atomic mass is 35.5. The van der Waals surface area contributed by atoms with Gasteiger partial charge in [-0.05, 0) is 18.2 Å². The number of benzene rings is 1. The Kier molecular flexibility index (Phi) is 4.65. The van der Waals surface area contributed by atoms with Crippen molar-refractivity contribution in [2.75, 3.05) is 6.54 Å². The van der Waals surface area contributed by atoms with Crippen molar-refractivity contribution in [1.82, 2.24) is 5.32 Å². The van der Waals surface area contributed by atoms with Crippen LogP contribution >= 0.6 is 23.8 Å². The van der Waals surface area contributed by atoms with Crippen LogP contribution in [0.1, 0.15) is 24.2 Å². The van der Waals surface area contributed by atoms with Gasteiger partial charge in [0.1, 0.15) is 5.82 Å². The first kappa shape index (κ1) is 14.9. The van der Waals surface area contributed by atoms with Crippen LogP contribution in [0, 0.1) is 11.2 Å². The fraction of sp³-hybridized carbons (Fsp3) is 0.333. The van der Waals surface area contributed by atoms with Gasteiger partial charge in [-0.3, -0.25) is 4.79 Å². The van der Waals surface area contributed by atoms with E-state index in [4.69, 9.17) is 29.6 Å². The number of carbonyl (C=O) groups excluding carboxylic acids is 1. The molecule has 0 aromatic heterocycles. The van der Waals surface area contributed by atoms with E-state index < -0.39 is 17.1 Å². The van der Waals surface area contributed by atoms with Gasteiger partial charge < -0.3 is 11.1 Å². The van der Waals surface area contributed by atoms with Gasteiger partial charge in [-0.25, -0.2) is 4.39 Å². The Hall–Kier alpha value is -1.20. The first-order chi connectivity index (χ1) is 8.24. The number of carbonyl (C=O) groups is 1. The molecule has 3 nitrogen and oxygen atoms in total. The van der Waals surface area contributed by atoms with E-state index in [-0.39, 0.29) is 17.1 Å². The molecule has 1 aromatic rings. The number of thiocarbonyl (C=S) groups is 1. The van der Waals surface area contributed by atoms with Crippen LogP contribution in [0.3, 0.4) is 0 Å². The molecule has 6 heteroatoms. The summed E-state index contributed by atoms with van der Waals surface area (Å²) in [6.07, 6.45) is 0. The Balaban J connectivity index is 2.78. The summed E-state index contributed by atoms with van der Waals surface area (Å²) >= 11 is 10.6. The van der Waals surface area contributed by atoms with Gasteiger partial charge in [0.2, 0.25) is 0 Å². The highest BCUT2D eigenvalue weighted by molar-refractivity contribution is 7.80. The maximum absolute atomic E-state index is 13.4. The molecule has 0 aliphatic carbocycles. The molecule has 0 spiro atoms. The molecule has 1 rings (SSSR count). The lowest BCUT2D eigenvalue weighted by atomic mass is 9.93. The summed E-state index contributed by atoms with van der Waals surface area (Å²) in [5, 5.41) is 2.88. The number of nitrogens with two attached hydrogens (primary N) is 1. The minimum Gasteiger partial charge on any atom is -0.393 e. The lowest BCUT2D eigenvalue weighted by molar-refractivity contribution is 0.0941. The van der Waals surface area contributed by atoms with Crippen LogP contribution in [0.2, 0.25) is 5.02 Å². The van der Waals surface area contributed by atoms with Gasteiger partial charge in [0.15, 0.2) is 0 Å². The minimum atomic E-state index is -0.620.